The van der Waals surface area contributed by atoms with Crippen LogP contribution < -0.4 is 0 Å². The summed E-state index contributed by atoms with van der Waals surface area (Å²) in [5.41, 5.74) is 0. The van der Waals surface area contributed by atoms with Crippen molar-refractivity contribution in [2.75, 3.05) is 0 Å². The first kappa shape index (κ1) is 13.1. The smallest absolute Gasteiger partial charge is 0.0360 e. The fourth-order valence-electron chi connectivity index (χ4n) is 3.27. The van der Waals surface area contributed by atoms with E-state index < -0.39 is 0 Å². The zero-order chi connectivity index (χ0) is 11.4. The third-order valence-corrected chi connectivity index (χ3v) is 4.70. The molecule has 90 valence electrons. The van der Waals surface area contributed by atoms with Crippen molar-refractivity contribution in [1.82, 2.24) is 0 Å². The summed E-state index contributed by atoms with van der Waals surface area (Å²) in [6.07, 6.45) is 7.28. The molecule has 0 spiro atoms. The van der Waals surface area contributed by atoms with Gasteiger partial charge >= 0.3 is 0 Å². The Bertz CT molecular complexity index is 171. The molecule has 0 aliphatic heterocycles. The molecule has 0 heterocycles. The van der Waals surface area contributed by atoms with E-state index in [1.807, 2.05) is 0 Å². The standard InChI is InChI=1S/C15H30/c1-11(2)7-6-8-13(4)15-10-9-12(3)14(15)5/h11-15H,6-10H2,1-5H3. The first-order valence-corrected chi connectivity index (χ1v) is 7.02. The van der Waals surface area contributed by atoms with Crippen LogP contribution in [0.2, 0.25) is 0 Å². The highest BCUT2D eigenvalue weighted by Gasteiger charge is 2.32. The first-order chi connectivity index (χ1) is 7.02. The van der Waals surface area contributed by atoms with Crippen LogP contribution in [0.3, 0.4) is 0 Å². The highest BCUT2D eigenvalue weighted by Crippen LogP contribution is 2.42. The lowest BCUT2D eigenvalue weighted by Gasteiger charge is -2.25. The maximum atomic E-state index is 2.49. The average molecular weight is 210 g/mol. The lowest BCUT2D eigenvalue weighted by molar-refractivity contribution is 0.248. The van der Waals surface area contributed by atoms with Gasteiger partial charge in [-0.1, -0.05) is 60.3 Å². The van der Waals surface area contributed by atoms with Gasteiger partial charge < -0.3 is 0 Å². The maximum Gasteiger partial charge on any atom is -0.0360 e. The molecule has 4 unspecified atom stereocenters. The number of rotatable bonds is 5. The molecule has 1 aliphatic carbocycles. The SMILES string of the molecule is CC(C)CCCC(C)C1CCC(C)C1C. The Morgan fingerprint density at radius 1 is 1.00 bits per heavy atom. The fourth-order valence-corrected chi connectivity index (χ4v) is 3.27. The minimum Gasteiger partial charge on any atom is -0.0628 e. The zero-order valence-corrected chi connectivity index (χ0v) is 11.4. The third-order valence-electron chi connectivity index (χ3n) is 4.70. The topological polar surface area (TPSA) is 0 Å². The summed E-state index contributed by atoms with van der Waals surface area (Å²) in [5, 5.41) is 0. The molecule has 0 heteroatoms. The van der Waals surface area contributed by atoms with E-state index in [0.717, 1.165) is 29.6 Å². The molecule has 0 N–H and O–H groups in total. The lowest BCUT2D eigenvalue weighted by Crippen LogP contribution is -2.17. The van der Waals surface area contributed by atoms with E-state index in [1.165, 1.54) is 32.1 Å². The Kier molecular flexibility index (Phi) is 5.15. The van der Waals surface area contributed by atoms with Crippen molar-refractivity contribution in [3.05, 3.63) is 0 Å². The van der Waals surface area contributed by atoms with Crippen LogP contribution >= 0.6 is 0 Å². The average Bonchev–Trinajstić information content (AvgIpc) is 2.47. The van der Waals surface area contributed by atoms with Crippen LogP contribution in [-0.2, 0) is 0 Å². The van der Waals surface area contributed by atoms with Gasteiger partial charge in [0, 0.05) is 0 Å². The highest BCUT2D eigenvalue weighted by molar-refractivity contribution is 4.82. The lowest BCUT2D eigenvalue weighted by atomic mass is 9.81. The maximum absolute atomic E-state index is 2.49. The van der Waals surface area contributed by atoms with Crippen LogP contribution in [0.25, 0.3) is 0 Å². The minimum absolute atomic E-state index is 0.886. The van der Waals surface area contributed by atoms with Crippen LogP contribution in [0, 0.1) is 29.6 Å². The summed E-state index contributed by atoms with van der Waals surface area (Å²) in [6, 6.07) is 0. The summed E-state index contributed by atoms with van der Waals surface area (Å²) >= 11 is 0. The molecular formula is C15H30. The van der Waals surface area contributed by atoms with Gasteiger partial charge in [0.1, 0.15) is 0 Å². The van der Waals surface area contributed by atoms with Gasteiger partial charge in [0.05, 0.1) is 0 Å². The van der Waals surface area contributed by atoms with E-state index in [0.29, 0.717) is 0 Å². The molecule has 1 aliphatic rings. The van der Waals surface area contributed by atoms with Gasteiger partial charge in [-0.15, -0.1) is 0 Å². The first-order valence-electron chi connectivity index (χ1n) is 7.02. The van der Waals surface area contributed by atoms with Crippen molar-refractivity contribution < 1.29 is 0 Å². The predicted molar refractivity (Wildman–Crippen MR) is 68.9 cm³/mol. The van der Waals surface area contributed by atoms with Gasteiger partial charge in [0.2, 0.25) is 0 Å². The van der Waals surface area contributed by atoms with E-state index in [4.69, 9.17) is 0 Å². The summed E-state index contributed by atoms with van der Waals surface area (Å²) in [5.74, 6) is 4.81. The molecule has 0 bridgehead atoms. The molecule has 0 amide bonds. The summed E-state index contributed by atoms with van der Waals surface area (Å²) in [6.45, 7) is 12.1. The zero-order valence-electron chi connectivity index (χ0n) is 11.4. The molecular weight excluding hydrogens is 180 g/mol. The highest BCUT2D eigenvalue weighted by atomic mass is 14.4. The van der Waals surface area contributed by atoms with Crippen molar-refractivity contribution in [2.24, 2.45) is 29.6 Å². The van der Waals surface area contributed by atoms with Gasteiger partial charge in [0.15, 0.2) is 0 Å². The van der Waals surface area contributed by atoms with E-state index >= 15 is 0 Å². The quantitative estimate of drug-likeness (QED) is 0.590. The largest absolute Gasteiger partial charge is 0.0628 e. The Morgan fingerprint density at radius 2 is 1.67 bits per heavy atom. The Balaban J connectivity index is 2.25. The summed E-state index contributed by atoms with van der Waals surface area (Å²) in [4.78, 5) is 0. The number of hydrogen-bond donors (Lipinski definition) is 0. The Morgan fingerprint density at radius 3 is 2.13 bits per heavy atom. The number of hydrogen-bond acceptors (Lipinski definition) is 0. The Labute approximate surface area is 96.8 Å². The van der Waals surface area contributed by atoms with E-state index in [2.05, 4.69) is 34.6 Å². The Hall–Kier alpha value is 0. The molecule has 0 saturated heterocycles. The van der Waals surface area contributed by atoms with Crippen molar-refractivity contribution in [3.8, 4) is 0 Å². The van der Waals surface area contributed by atoms with E-state index in [9.17, 15) is 0 Å². The molecule has 1 rings (SSSR count). The van der Waals surface area contributed by atoms with Gasteiger partial charge in [0.25, 0.3) is 0 Å². The van der Waals surface area contributed by atoms with Crippen molar-refractivity contribution in [2.45, 2.75) is 66.7 Å². The molecule has 0 nitrogen and oxygen atoms in total. The minimum atomic E-state index is 0.886. The normalized spacial score (nSPS) is 33.6. The molecule has 4 atom stereocenters. The summed E-state index contributed by atoms with van der Waals surface area (Å²) in [7, 11) is 0. The van der Waals surface area contributed by atoms with Crippen LogP contribution in [0.4, 0.5) is 0 Å². The van der Waals surface area contributed by atoms with Crippen LogP contribution in [0.5, 0.6) is 0 Å². The van der Waals surface area contributed by atoms with Gasteiger partial charge in [-0.05, 0) is 36.0 Å². The van der Waals surface area contributed by atoms with Gasteiger partial charge in [-0.25, -0.2) is 0 Å². The van der Waals surface area contributed by atoms with Crippen LogP contribution in [0.15, 0.2) is 0 Å². The second-order valence-corrected chi connectivity index (χ2v) is 6.38. The molecule has 0 aromatic carbocycles. The summed E-state index contributed by atoms with van der Waals surface area (Å²) < 4.78 is 0. The van der Waals surface area contributed by atoms with Crippen molar-refractivity contribution in [1.29, 1.82) is 0 Å². The van der Waals surface area contributed by atoms with Gasteiger partial charge in [-0.3, -0.25) is 0 Å². The monoisotopic (exact) mass is 210 g/mol. The van der Waals surface area contributed by atoms with Crippen LogP contribution in [-0.4, -0.2) is 0 Å². The molecule has 0 aromatic rings. The van der Waals surface area contributed by atoms with Gasteiger partial charge in [-0.2, -0.15) is 0 Å². The van der Waals surface area contributed by atoms with Crippen molar-refractivity contribution in [3.63, 3.8) is 0 Å². The molecule has 0 radical (unpaired) electrons. The molecule has 1 fully saturated rings. The van der Waals surface area contributed by atoms with E-state index in [-0.39, 0.29) is 0 Å². The second kappa shape index (κ2) is 5.92. The second-order valence-electron chi connectivity index (χ2n) is 6.38. The van der Waals surface area contributed by atoms with E-state index in [1.54, 1.807) is 0 Å². The predicted octanol–water partition coefficient (Wildman–Crippen LogP) is 5.13. The van der Waals surface area contributed by atoms with Crippen LogP contribution in [0.1, 0.15) is 66.7 Å². The van der Waals surface area contributed by atoms with Crippen molar-refractivity contribution >= 4 is 0 Å². The molecule has 1 saturated carbocycles. The molecule has 15 heavy (non-hydrogen) atoms. The fraction of sp³-hybridized carbons (Fsp3) is 1.00. The third kappa shape index (κ3) is 3.81. The molecule has 0 aromatic heterocycles.